The number of halogens is 1. The number of hydrogen-bond donors (Lipinski definition) is 1. The minimum atomic E-state index is -0.377. The van der Waals surface area contributed by atoms with Gasteiger partial charge in [0.2, 0.25) is 0 Å². The van der Waals surface area contributed by atoms with Crippen molar-refractivity contribution in [1.29, 1.82) is 0 Å². The van der Waals surface area contributed by atoms with Crippen molar-refractivity contribution in [3.05, 3.63) is 27.7 Å². The van der Waals surface area contributed by atoms with Gasteiger partial charge in [-0.15, -0.1) is 0 Å². The minimum Gasteiger partial charge on any atom is -0.459 e. The van der Waals surface area contributed by atoms with E-state index >= 15 is 0 Å². The Morgan fingerprint density at radius 1 is 1.47 bits per heavy atom. The van der Waals surface area contributed by atoms with Crippen LogP contribution >= 0.6 is 15.9 Å². The zero-order valence-electron chi connectivity index (χ0n) is 9.00. The van der Waals surface area contributed by atoms with Crippen LogP contribution in [0.4, 0.5) is 5.69 Å². The molecule has 0 amide bonds. The van der Waals surface area contributed by atoms with Crippen LogP contribution in [0.25, 0.3) is 0 Å². The van der Waals surface area contributed by atoms with Gasteiger partial charge < -0.3 is 10.5 Å². The maximum absolute atomic E-state index is 11.6. The third kappa shape index (κ3) is 2.72. The number of rotatable bonds is 2. The molecule has 0 bridgehead atoms. The lowest BCUT2D eigenvalue weighted by Crippen LogP contribution is -2.14. The number of esters is 1. The van der Waals surface area contributed by atoms with E-state index in [0.717, 1.165) is 10.0 Å². The smallest absolute Gasteiger partial charge is 0.340 e. The zero-order valence-corrected chi connectivity index (χ0v) is 10.6. The van der Waals surface area contributed by atoms with Crippen LogP contribution in [0, 0.1) is 6.92 Å². The van der Waals surface area contributed by atoms with Crippen molar-refractivity contribution >= 4 is 27.6 Å². The van der Waals surface area contributed by atoms with Crippen LogP contribution in [0.15, 0.2) is 16.6 Å². The Balaban J connectivity index is 3.06. The summed E-state index contributed by atoms with van der Waals surface area (Å²) >= 11 is 3.35. The van der Waals surface area contributed by atoms with Crippen LogP contribution in [0.3, 0.4) is 0 Å². The van der Waals surface area contributed by atoms with Gasteiger partial charge in [0.15, 0.2) is 0 Å². The van der Waals surface area contributed by atoms with E-state index < -0.39 is 0 Å². The molecule has 15 heavy (non-hydrogen) atoms. The SMILES string of the molecule is Cc1c(Br)ccc(C(=O)OC(C)C)c1N. The fourth-order valence-electron chi connectivity index (χ4n) is 1.16. The lowest BCUT2D eigenvalue weighted by Gasteiger charge is -2.11. The molecule has 0 fully saturated rings. The Bertz CT molecular complexity index is 388. The van der Waals surface area contributed by atoms with Crippen molar-refractivity contribution < 1.29 is 9.53 Å². The van der Waals surface area contributed by atoms with Gasteiger partial charge in [-0.2, -0.15) is 0 Å². The second-order valence-electron chi connectivity index (χ2n) is 3.59. The number of benzene rings is 1. The summed E-state index contributed by atoms with van der Waals surface area (Å²) in [6.45, 7) is 5.46. The highest BCUT2D eigenvalue weighted by atomic mass is 79.9. The minimum absolute atomic E-state index is 0.138. The fourth-order valence-corrected chi connectivity index (χ4v) is 1.50. The van der Waals surface area contributed by atoms with Gasteiger partial charge in [-0.25, -0.2) is 4.79 Å². The Morgan fingerprint density at radius 2 is 2.07 bits per heavy atom. The van der Waals surface area contributed by atoms with Crippen molar-refractivity contribution in [2.24, 2.45) is 0 Å². The number of nitrogen functional groups attached to an aromatic ring is 1. The van der Waals surface area contributed by atoms with Crippen LogP contribution in [-0.2, 0) is 4.74 Å². The molecule has 0 aliphatic heterocycles. The second-order valence-corrected chi connectivity index (χ2v) is 4.44. The Morgan fingerprint density at radius 3 is 2.60 bits per heavy atom. The van der Waals surface area contributed by atoms with Gasteiger partial charge in [0.1, 0.15) is 0 Å². The van der Waals surface area contributed by atoms with Crippen molar-refractivity contribution in [2.75, 3.05) is 5.73 Å². The molecule has 0 aromatic heterocycles. The summed E-state index contributed by atoms with van der Waals surface area (Å²) in [6, 6.07) is 3.46. The Labute approximate surface area is 97.7 Å². The predicted molar refractivity (Wildman–Crippen MR) is 63.8 cm³/mol. The van der Waals surface area contributed by atoms with Gasteiger partial charge in [-0.1, -0.05) is 15.9 Å². The summed E-state index contributed by atoms with van der Waals surface area (Å²) < 4.78 is 5.97. The first-order valence-corrected chi connectivity index (χ1v) is 5.48. The van der Waals surface area contributed by atoms with Crippen molar-refractivity contribution in [3.8, 4) is 0 Å². The predicted octanol–water partition coefficient (Wildman–Crippen LogP) is 2.90. The fraction of sp³-hybridized carbons (Fsp3) is 0.364. The van der Waals surface area contributed by atoms with Crippen LogP contribution < -0.4 is 5.73 Å². The van der Waals surface area contributed by atoms with Crippen LogP contribution in [-0.4, -0.2) is 12.1 Å². The number of carbonyl (C=O) groups excluding carboxylic acids is 1. The van der Waals surface area contributed by atoms with E-state index in [-0.39, 0.29) is 12.1 Å². The second kappa shape index (κ2) is 4.66. The number of ether oxygens (including phenoxy) is 1. The average molecular weight is 272 g/mol. The van der Waals surface area contributed by atoms with Crippen molar-refractivity contribution in [2.45, 2.75) is 26.9 Å². The molecular formula is C11H14BrNO2. The molecule has 0 aliphatic rings. The molecule has 1 aromatic carbocycles. The third-order valence-electron chi connectivity index (χ3n) is 2.01. The standard InChI is InChI=1S/C11H14BrNO2/c1-6(2)15-11(14)8-4-5-9(12)7(3)10(8)13/h4-6H,13H2,1-3H3. The van der Waals surface area contributed by atoms with E-state index in [1.54, 1.807) is 26.0 Å². The Hall–Kier alpha value is -1.03. The first kappa shape index (κ1) is 12.0. The van der Waals surface area contributed by atoms with Gasteiger partial charge in [0.25, 0.3) is 0 Å². The molecule has 4 heteroatoms. The summed E-state index contributed by atoms with van der Waals surface area (Å²) in [5.41, 5.74) is 7.57. The molecule has 0 heterocycles. The average Bonchev–Trinajstić information content (AvgIpc) is 2.13. The first-order valence-electron chi connectivity index (χ1n) is 4.69. The molecule has 1 rings (SSSR count). The molecule has 0 aliphatic carbocycles. The number of carbonyl (C=O) groups is 1. The van der Waals surface area contributed by atoms with Crippen LogP contribution in [0.2, 0.25) is 0 Å². The first-order chi connectivity index (χ1) is 6.93. The van der Waals surface area contributed by atoms with E-state index in [1.807, 2.05) is 6.92 Å². The largest absolute Gasteiger partial charge is 0.459 e. The molecule has 3 nitrogen and oxygen atoms in total. The van der Waals surface area contributed by atoms with Gasteiger partial charge in [0, 0.05) is 4.47 Å². The molecule has 0 saturated heterocycles. The Kier molecular flexibility index (Phi) is 3.74. The summed E-state index contributed by atoms with van der Waals surface area (Å²) in [5, 5.41) is 0. The molecule has 0 unspecified atom stereocenters. The highest BCUT2D eigenvalue weighted by molar-refractivity contribution is 9.10. The molecule has 0 spiro atoms. The monoisotopic (exact) mass is 271 g/mol. The lowest BCUT2D eigenvalue weighted by atomic mass is 10.1. The number of anilines is 1. The van der Waals surface area contributed by atoms with E-state index in [1.165, 1.54) is 0 Å². The van der Waals surface area contributed by atoms with Gasteiger partial charge in [-0.05, 0) is 38.5 Å². The molecule has 0 radical (unpaired) electrons. The van der Waals surface area contributed by atoms with Gasteiger partial charge in [-0.3, -0.25) is 0 Å². The highest BCUT2D eigenvalue weighted by Crippen LogP contribution is 2.25. The molecular weight excluding hydrogens is 258 g/mol. The molecule has 0 atom stereocenters. The van der Waals surface area contributed by atoms with Crippen molar-refractivity contribution in [1.82, 2.24) is 0 Å². The lowest BCUT2D eigenvalue weighted by molar-refractivity contribution is 0.0379. The summed E-state index contributed by atoms with van der Waals surface area (Å²) in [5.74, 6) is -0.377. The third-order valence-corrected chi connectivity index (χ3v) is 2.87. The quantitative estimate of drug-likeness (QED) is 0.665. The normalized spacial score (nSPS) is 10.5. The zero-order chi connectivity index (χ0) is 11.6. The van der Waals surface area contributed by atoms with Crippen molar-refractivity contribution in [3.63, 3.8) is 0 Å². The van der Waals surface area contributed by atoms with E-state index in [0.29, 0.717) is 11.3 Å². The van der Waals surface area contributed by atoms with E-state index in [4.69, 9.17) is 10.5 Å². The van der Waals surface area contributed by atoms with Crippen LogP contribution in [0.5, 0.6) is 0 Å². The molecule has 0 saturated carbocycles. The van der Waals surface area contributed by atoms with Gasteiger partial charge >= 0.3 is 5.97 Å². The van der Waals surface area contributed by atoms with Crippen LogP contribution in [0.1, 0.15) is 29.8 Å². The summed E-state index contributed by atoms with van der Waals surface area (Å²) in [4.78, 5) is 11.6. The molecule has 1 aromatic rings. The summed E-state index contributed by atoms with van der Waals surface area (Å²) in [7, 11) is 0. The maximum Gasteiger partial charge on any atom is 0.340 e. The molecule has 82 valence electrons. The van der Waals surface area contributed by atoms with Gasteiger partial charge in [0.05, 0.1) is 17.4 Å². The summed E-state index contributed by atoms with van der Waals surface area (Å²) in [6.07, 6.45) is -0.138. The van der Waals surface area contributed by atoms with E-state index in [9.17, 15) is 4.79 Å². The molecule has 2 N–H and O–H groups in total. The van der Waals surface area contributed by atoms with E-state index in [2.05, 4.69) is 15.9 Å². The topological polar surface area (TPSA) is 52.3 Å². The maximum atomic E-state index is 11.6. The number of nitrogens with two attached hydrogens (primary N) is 1. The highest BCUT2D eigenvalue weighted by Gasteiger charge is 2.15. The number of hydrogen-bond acceptors (Lipinski definition) is 3.